The van der Waals surface area contributed by atoms with Crippen LogP contribution in [0, 0.1) is 0 Å². The molecule has 1 aliphatic carbocycles. The molecule has 0 radical (unpaired) electrons. The van der Waals surface area contributed by atoms with Gasteiger partial charge < -0.3 is 29.6 Å². The summed E-state index contributed by atoms with van der Waals surface area (Å²) < 4.78 is 21.1. The number of esters is 1. The third-order valence-corrected chi connectivity index (χ3v) is 6.50. The predicted molar refractivity (Wildman–Crippen MR) is 144 cm³/mol. The van der Waals surface area contributed by atoms with E-state index in [1.807, 2.05) is 0 Å². The lowest BCUT2D eigenvalue weighted by Gasteiger charge is -2.23. The number of alkyl carbamates (subject to hydrolysis) is 1. The lowest BCUT2D eigenvalue weighted by molar-refractivity contribution is -0.141. The Morgan fingerprint density at radius 1 is 1.00 bits per heavy atom. The lowest BCUT2D eigenvalue weighted by Crippen LogP contribution is -2.36. The number of carbonyl (C=O) groups excluding carboxylic acids is 3. The van der Waals surface area contributed by atoms with Crippen LogP contribution in [0.15, 0.2) is 30.3 Å². The van der Waals surface area contributed by atoms with Gasteiger partial charge in [0, 0.05) is 12.5 Å². The Balaban J connectivity index is 1.61. The number of methoxy groups -OCH3 is 1. The maximum Gasteiger partial charge on any atom is 0.407 e. The summed E-state index contributed by atoms with van der Waals surface area (Å²) >= 11 is 12.9. The molecule has 1 aliphatic rings. The molecule has 2 aromatic carbocycles. The molecule has 1 fully saturated rings. The largest absolute Gasteiger partial charge is 0.496 e. The zero-order chi connectivity index (χ0) is 27.5. The van der Waals surface area contributed by atoms with Crippen molar-refractivity contribution in [2.24, 2.45) is 0 Å². The molecule has 38 heavy (non-hydrogen) atoms. The van der Waals surface area contributed by atoms with Crippen LogP contribution in [0.1, 0.15) is 54.9 Å². The molecule has 2 N–H and O–H groups in total. The van der Waals surface area contributed by atoms with Gasteiger partial charge in [-0.3, -0.25) is 9.59 Å². The molecule has 0 atom stereocenters. The number of hydrogen-bond donors (Lipinski definition) is 2. The Kier molecular flexibility index (Phi) is 11.4. The highest BCUT2D eigenvalue weighted by molar-refractivity contribution is 6.37. The second-order valence-electron chi connectivity index (χ2n) is 8.71. The average Bonchev–Trinajstić information content (AvgIpc) is 2.90. The van der Waals surface area contributed by atoms with Gasteiger partial charge in [-0.2, -0.15) is 0 Å². The van der Waals surface area contributed by atoms with Crippen LogP contribution >= 0.6 is 23.2 Å². The van der Waals surface area contributed by atoms with E-state index in [2.05, 4.69) is 10.6 Å². The van der Waals surface area contributed by atoms with Gasteiger partial charge in [-0.1, -0.05) is 42.5 Å². The molecule has 0 heterocycles. The Bertz CT molecular complexity index is 1110. The number of benzene rings is 2. The van der Waals surface area contributed by atoms with Gasteiger partial charge in [0.1, 0.15) is 18.0 Å². The molecule has 0 aliphatic heterocycles. The molecule has 3 rings (SSSR count). The van der Waals surface area contributed by atoms with E-state index in [-0.39, 0.29) is 47.5 Å². The first-order valence-corrected chi connectivity index (χ1v) is 13.3. The summed E-state index contributed by atoms with van der Waals surface area (Å²) in [6.45, 7) is 1.67. The predicted octanol–water partition coefficient (Wildman–Crippen LogP) is 5.69. The fourth-order valence-electron chi connectivity index (χ4n) is 4.08. The fourth-order valence-corrected chi connectivity index (χ4v) is 4.69. The minimum absolute atomic E-state index is 0.0411. The normalized spacial score (nSPS) is 13.4. The van der Waals surface area contributed by atoms with E-state index >= 15 is 0 Å². The monoisotopic (exact) mass is 566 g/mol. The first-order valence-electron chi connectivity index (χ1n) is 12.5. The first kappa shape index (κ1) is 29.4. The van der Waals surface area contributed by atoms with Gasteiger partial charge in [0.05, 0.1) is 35.9 Å². The van der Waals surface area contributed by atoms with Crippen LogP contribution in [0.3, 0.4) is 0 Å². The van der Waals surface area contributed by atoms with Crippen molar-refractivity contribution < 1.29 is 33.3 Å². The summed E-state index contributed by atoms with van der Waals surface area (Å²) in [6.07, 6.45) is 4.92. The van der Waals surface area contributed by atoms with Gasteiger partial charge in [-0.15, -0.1) is 0 Å². The summed E-state index contributed by atoms with van der Waals surface area (Å²) in [4.78, 5) is 36.0. The van der Waals surface area contributed by atoms with Crippen molar-refractivity contribution in [2.45, 2.75) is 51.5 Å². The Labute approximate surface area is 232 Å². The number of ether oxygens (including phenoxy) is 4. The third-order valence-electron chi connectivity index (χ3n) is 5.94. The minimum atomic E-state index is -0.738. The number of hydrogen-bond acceptors (Lipinski definition) is 7. The SMILES string of the molecule is CCOC(=O)CNC(=O)OCCc1cc(Cl)c(Oc2ccc(OC)c(C(=O)NC3CCCCC3)c2)c(Cl)c1. The standard InChI is InChI=1S/C27H32Cl2N2O7/c1-3-36-24(32)16-30-27(34)37-12-11-17-13-21(28)25(22(29)14-17)38-19-9-10-23(35-2)20(15-19)26(33)31-18-7-5-4-6-8-18/h9-10,13-15,18H,3-8,11-12,16H2,1-2H3,(H,30,34)(H,31,33). The first-order chi connectivity index (χ1) is 18.3. The average molecular weight is 567 g/mol. The highest BCUT2D eigenvalue weighted by atomic mass is 35.5. The van der Waals surface area contributed by atoms with Gasteiger partial charge in [0.2, 0.25) is 0 Å². The van der Waals surface area contributed by atoms with E-state index < -0.39 is 12.1 Å². The molecule has 0 bridgehead atoms. The molecule has 11 heteroatoms. The molecule has 206 valence electrons. The number of carbonyl (C=O) groups is 3. The van der Waals surface area contributed by atoms with Crippen LogP contribution in [-0.4, -0.2) is 50.9 Å². The number of amides is 2. The minimum Gasteiger partial charge on any atom is -0.496 e. The summed E-state index contributed by atoms with van der Waals surface area (Å²) in [5, 5.41) is 5.90. The van der Waals surface area contributed by atoms with Crippen molar-refractivity contribution >= 4 is 41.2 Å². The van der Waals surface area contributed by atoms with E-state index in [1.165, 1.54) is 13.5 Å². The van der Waals surface area contributed by atoms with Crippen LogP contribution in [-0.2, 0) is 20.7 Å². The van der Waals surface area contributed by atoms with E-state index in [1.54, 1.807) is 37.3 Å². The summed E-state index contributed by atoms with van der Waals surface area (Å²) in [5.41, 5.74) is 1.07. The number of nitrogens with one attached hydrogen (secondary N) is 2. The van der Waals surface area contributed by atoms with Crippen LogP contribution in [0.2, 0.25) is 10.0 Å². The second-order valence-corrected chi connectivity index (χ2v) is 9.52. The molecule has 0 saturated heterocycles. The van der Waals surface area contributed by atoms with Crippen molar-refractivity contribution in [1.82, 2.24) is 10.6 Å². The fraction of sp³-hybridized carbons (Fsp3) is 0.444. The van der Waals surface area contributed by atoms with Crippen molar-refractivity contribution in [3.05, 3.63) is 51.5 Å². The highest BCUT2D eigenvalue weighted by Crippen LogP contribution is 2.38. The van der Waals surface area contributed by atoms with Crippen molar-refractivity contribution in [2.75, 3.05) is 26.9 Å². The van der Waals surface area contributed by atoms with Crippen LogP contribution < -0.4 is 20.1 Å². The Hall–Kier alpha value is -3.17. The van der Waals surface area contributed by atoms with Gasteiger partial charge in [0.25, 0.3) is 5.91 Å². The quantitative estimate of drug-likeness (QED) is 0.336. The second kappa shape index (κ2) is 14.7. The van der Waals surface area contributed by atoms with Crippen molar-refractivity contribution in [1.29, 1.82) is 0 Å². The number of rotatable bonds is 11. The summed E-state index contributed by atoms with van der Waals surface area (Å²) in [5.74, 6) is 0.265. The van der Waals surface area contributed by atoms with Crippen LogP contribution in [0.4, 0.5) is 4.79 Å². The van der Waals surface area contributed by atoms with Gasteiger partial charge in [-0.25, -0.2) is 4.79 Å². The highest BCUT2D eigenvalue weighted by Gasteiger charge is 2.21. The van der Waals surface area contributed by atoms with Crippen molar-refractivity contribution in [3.8, 4) is 17.2 Å². The Morgan fingerprint density at radius 2 is 1.71 bits per heavy atom. The van der Waals surface area contributed by atoms with E-state index in [0.717, 1.165) is 25.7 Å². The lowest BCUT2D eigenvalue weighted by atomic mass is 9.95. The van der Waals surface area contributed by atoms with E-state index in [9.17, 15) is 14.4 Å². The topological polar surface area (TPSA) is 112 Å². The molecule has 2 aromatic rings. The van der Waals surface area contributed by atoms with Crippen molar-refractivity contribution in [3.63, 3.8) is 0 Å². The maximum atomic E-state index is 13.0. The number of halogens is 2. The van der Waals surface area contributed by atoms with E-state index in [4.69, 9.17) is 42.1 Å². The molecule has 0 aromatic heterocycles. The van der Waals surface area contributed by atoms with Gasteiger partial charge >= 0.3 is 12.1 Å². The smallest absolute Gasteiger partial charge is 0.407 e. The summed E-state index contributed by atoms with van der Waals surface area (Å²) in [6, 6.07) is 8.38. The zero-order valence-electron chi connectivity index (χ0n) is 21.4. The molecule has 0 unspecified atom stereocenters. The van der Waals surface area contributed by atoms with Crippen LogP contribution in [0.5, 0.6) is 17.2 Å². The molecule has 0 spiro atoms. The molecule has 9 nitrogen and oxygen atoms in total. The maximum absolute atomic E-state index is 13.0. The molecular formula is C27H32Cl2N2O7. The van der Waals surface area contributed by atoms with Gasteiger partial charge in [-0.05, 0) is 55.7 Å². The third kappa shape index (κ3) is 8.70. The van der Waals surface area contributed by atoms with Gasteiger partial charge in [0.15, 0.2) is 5.75 Å². The molecule has 2 amide bonds. The summed E-state index contributed by atoms with van der Waals surface area (Å²) in [7, 11) is 1.51. The molecule has 1 saturated carbocycles. The Morgan fingerprint density at radius 3 is 2.37 bits per heavy atom. The molecular weight excluding hydrogens is 535 g/mol. The zero-order valence-corrected chi connectivity index (χ0v) is 23.0. The van der Waals surface area contributed by atoms with E-state index in [0.29, 0.717) is 29.0 Å². The van der Waals surface area contributed by atoms with Crippen LogP contribution in [0.25, 0.3) is 0 Å².